The van der Waals surface area contributed by atoms with Crippen molar-refractivity contribution in [3.8, 4) is 0 Å². The van der Waals surface area contributed by atoms with Crippen molar-refractivity contribution in [2.45, 2.75) is 19.4 Å². The minimum absolute atomic E-state index is 0.145. The summed E-state index contributed by atoms with van der Waals surface area (Å²) < 4.78 is 6.67. The van der Waals surface area contributed by atoms with E-state index in [0.717, 1.165) is 35.4 Å². The number of ether oxygens (including phenoxy) is 1. The van der Waals surface area contributed by atoms with Gasteiger partial charge >= 0.3 is 0 Å². The van der Waals surface area contributed by atoms with Crippen LogP contribution < -0.4 is 10.6 Å². The number of rotatable bonds is 2. The monoisotopic (exact) mass is 328 g/mol. The summed E-state index contributed by atoms with van der Waals surface area (Å²) in [6.07, 6.45) is 0. The van der Waals surface area contributed by atoms with Crippen LogP contribution >= 0.6 is 28.1 Å². The number of anilines is 1. The van der Waals surface area contributed by atoms with Gasteiger partial charge in [-0.1, -0.05) is 18.3 Å². The molecule has 0 atom stereocenters. The van der Waals surface area contributed by atoms with E-state index in [0.29, 0.717) is 4.99 Å². The largest absolute Gasteiger partial charge is 0.389 e. The molecule has 3 nitrogen and oxygen atoms in total. The number of morpholine rings is 1. The van der Waals surface area contributed by atoms with Gasteiger partial charge in [-0.15, -0.1) is 0 Å². The molecule has 0 radical (unpaired) electrons. The third-order valence-electron chi connectivity index (χ3n) is 3.00. The van der Waals surface area contributed by atoms with Gasteiger partial charge in [0.2, 0.25) is 0 Å². The highest BCUT2D eigenvalue weighted by molar-refractivity contribution is 9.10. The topological polar surface area (TPSA) is 38.5 Å². The van der Waals surface area contributed by atoms with Crippen molar-refractivity contribution in [2.75, 3.05) is 24.6 Å². The molecule has 2 rings (SSSR count). The van der Waals surface area contributed by atoms with Crippen molar-refractivity contribution in [2.24, 2.45) is 5.73 Å². The van der Waals surface area contributed by atoms with Gasteiger partial charge in [-0.3, -0.25) is 0 Å². The molecule has 1 heterocycles. The van der Waals surface area contributed by atoms with Gasteiger partial charge in [0.15, 0.2) is 0 Å². The zero-order valence-electron chi connectivity index (χ0n) is 10.6. The van der Waals surface area contributed by atoms with Crippen molar-refractivity contribution < 1.29 is 4.74 Å². The third kappa shape index (κ3) is 2.84. The molecule has 98 valence electrons. The molecule has 1 aromatic carbocycles. The number of hydrogen-bond acceptors (Lipinski definition) is 3. The van der Waals surface area contributed by atoms with E-state index in [1.54, 1.807) is 0 Å². The number of hydrogen-bond donors (Lipinski definition) is 1. The van der Waals surface area contributed by atoms with E-state index in [-0.39, 0.29) is 5.60 Å². The molecule has 1 fully saturated rings. The highest BCUT2D eigenvalue weighted by Gasteiger charge is 2.29. The Morgan fingerprint density at radius 3 is 2.83 bits per heavy atom. The first-order valence-electron chi connectivity index (χ1n) is 5.88. The minimum Gasteiger partial charge on any atom is -0.389 e. The molecule has 0 bridgehead atoms. The first-order chi connectivity index (χ1) is 8.41. The average molecular weight is 329 g/mol. The highest BCUT2D eigenvalue weighted by atomic mass is 79.9. The first kappa shape index (κ1) is 13.8. The number of nitrogens with two attached hydrogens (primary N) is 1. The molecule has 0 aliphatic carbocycles. The summed E-state index contributed by atoms with van der Waals surface area (Å²) in [5.74, 6) is 0. The van der Waals surface area contributed by atoms with Gasteiger partial charge in [0.1, 0.15) is 4.99 Å². The zero-order chi connectivity index (χ0) is 13.3. The third-order valence-corrected chi connectivity index (χ3v) is 3.87. The predicted octanol–water partition coefficient (Wildman–Crippen LogP) is 2.70. The summed E-state index contributed by atoms with van der Waals surface area (Å²) >= 11 is 8.67. The molecule has 1 saturated heterocycles. The highest BCUT2D eigenvalue weighted by Crippen LogP contribution is 2.30. The van der Waals surface area contributed by atoms with E-state index in [9.17, 15) is 0 Å². The van der Waals surface area contributed by atoms with Crippen LogP contribution in [0.25, 0.3) is 0 Å². The summed E-state index contributed by atoms with van der Waals surface area (Å²) in [6.45, 7) is 6.60. The van der Waals surface area contributed by atoms with E-state index in [2.05, 4.69) is 40.7 Å². The molecule has 0 saturated carbocycles. The molecule has 5 heteroatoms. The average Bonchev–Trinajstić information content (AvgIpc) is 2.26. The molecule has 1 aromatic rings. The van der Waals surface area contributed by atoms with Crippen LogP contribution in [-0.2, 0) is 4.74 Å². The Balaban J connectivity index is 2.39. The molecule has 0 unspecified atom stereocenters. The minimum atomic E-state index is -0.145. The second kappa shape index (κ2) is 5.15. The van der Waals surface area contributed by atoms with Crippen LogP contribution in [0.15, 0.2) is 22.7 Å². The fourth-order valence-corrected chi connectivity index (χ4v) is 3.16. The Kier molecular flexibility index (Phi) is 3.94. The van der Waals surface area contributed by atoms with E-state index in [4.69, 9.17) is 22.7 Å². The lowest BCUT2D eigenvalue weighted by molar-refractivity contribution is -0.0277. The van der Waals surface area contributed by atoms with Crippen molar-refractivity contribution in [1.29, 1.82) is 0 Å². The molecule has 0 spiro atoms. The molecular formula is C13H17BrN2OS. The van der Waals surface area contributed by atoms with Crippen LogP contribution in [-0.4, -0.2) is 30.3 Å². The molecule has 1 aliphatic rings. The van der Waals surface area contributed by atoms with Gasteiger partial charge in [0, 0.05) is 28.8 Å². The van der Waals surface area contributed by atoms with E-state index in [1.807, 2.05) is 12.1 Å². The van der Waals surface area contributed by atoms with Gasteiger partial charge in [0.05, 0.1) is 12.2 Å². The summed E-state index contributed by atoms with van der Waals surface area (Å²) in [5, 5.41) is 0. The Hall–Kier alpha value is -0.650. The van der Waals surface area contributed by atoms with Crippen LogP contribution in [0, 0.1) is 0 Å². The molecule has 2 N–H and O–H groups in total. The smallest absolute Gasteiger partial charge is 0.107 e. The number of nitrogens with zero attached hydrogens (tertiary/aromatic N) is 1. The summed E-state index contributed by atoms with van der Waals surface area (Å²) in [5.41, 5.74) is 7.67. The van der Waals surface area contributed by atoms with Crippen molar-refractivity contribution in [3.05, 3.63) is 28.2 Å². The van der Waals surface area contributed by atoms with Crippen LogP contribution in [0.4, 0.5) is 5.69 Å². The maximum atomic E-state index is 5.83. The Bertz CT molecular complexity index is 476. The first-order valence-corrected chi connectivity index (χ1v) is 7.08. The van der Waals surface area contributed by atoms with Gasteiger partial charge in [-0.05, 0) is 41.9 Å². The lowest BCUT2D eigenvalue weighted by atomic mass is 10.0. The van der Waals surface area contributed by atoms with Crippen LogP contribution in [0.2, 0.25) is 0 Å². The fourth-order valence-electron chi connectivity index (χ4n) is 2.24. The Labute approximate surface area is 121 Å². The molecule has 18 heavy (non-hydrogen) atoms. The second-order valence-electron chi connectivity index (χ2n) is 5.03. The van der Waals surface area contributed by atoms with E-state index >= 15 is 0 Å². The number of benzene rings is 1. The number of thiocarbonyl (C=S) groups is 1. The summed E-state index contributed by atoms with van der Waals surface area (Å²) in [6, 6.07) is 6.02. The maximum Gasteiger partial charge on any atom is 0.107 e. The normalized spacial score (nSPS) is 18.7. The lowest BCUT2D eigenvalue weighted by Crippen LogP contribution is -2.48. The molecule has 1 aliphatic heterocycles. The second-order valence-corrected chi connectivity index (χ2v) is 6.32. The zero-order valence-corrected chi connectivity index (χ0v) is 13.0. The van der Waals surface area contributed by atoms with Crippen molar-refractivity contribution >= 4 is 38.8 Å². The standard InChI is InChI=1S/C13H17BrN2OS/c1-13(2)8-16(6-7-17-13)10-5-3-4-9(14)11(10)12(15)18/h3-5H,6-8H2,1-2H3,(H2,15,18). The van der Waals surface area contributed by atoms with Gasteiger partial charge < -0.3 is 15.4 Å². The van der Waals surface area contributed by atoms with Gasteiger partial charge in [0.25, 0.3) is 0 Å². The SMILES string of the molecule is CC1(C)CN(c2cccc(Br)c2C(N)=S)CCO1. The molecule has 0 amide bonds. The van der Waals surface area contributed by atoms with Crippen LogP contribution in [0.3, 0.4) is 0 Å². The quantitative estimate of drug-likeness (QED) is 0.847. The predicted molar refractivity (Wildman–Crippen MR) is 82.3 cm³/mol. The van der Waals surface area contributed by atoms with Crippen molar-refractivity contribution in [1.82, 2.24) is 0 Å². The van der Waals surface area contributed by atoms with E-state index in [1.165, 1.54) is 0 Å². The summed E-state index contributed by atoms with van der Waals surface area (Å²) in [4.78, 5) is 2.70. The lowest BCUT2D eigenvalue weighted by Gasteiger charge is -2.40. The van der Waals surface area contributed by atoms with Crippen LogP contribution in [0.5, 0.6) is 0 Å². The Morgan fingerprint density at radius 1 is 1.50 bits per heavy atom. The maximum absolute atomic E-state index is 5.83. The van der Waals surface area contributed by atoms with Gasteiger partial charge in [-0.2, -0.15) is 0 Å². The number of halogens is 1. The van der Waals surface area contributed by atoms with Crippen molar-refractivity contribution in [3.63, 3.8) is 0 Å². The summed E-state index contributed by atoms with van der Waals surface area (Å²) in [7, 11) is 0. The van der Waals surface area contributed by atoms with E-state index < -0.39 is 0 Å². The molecular weight excluding hydrogens is 312 g/mol. The fraction of sp³-hybridized carbons (Fsp3) is 0.462. The molecule has 0 aromatic heterocycles. The van der Waals surface area contributed by atoms with Crippen LogP contribution in [0.1, 0.15) is 19.4 Å². The van der Waals surface area contributed by atoms with Gasteiger partial charge in [-0.25, -0.2) is 0 Å². The Morgan fingerprint density at radius 2 is 2.22 bits per heavy atom.